The lowest BCUT2D eigenvalue weighted by molar-refractivity contribution is -0.129. The molecule has 2 aromatic rings. The second-order valence-electron chi connectivity index (χ2n) is 4.87. The Bertz CT molecular complexity index is 586. The normalized spacial score (nSPS) is 11.6. The Morgan fingerprint density at radius 2 is 2.11 bits per heavy atom. The SMILES string of the molecule is Cn1cc(CNC(=O)C(C)(C)n2cc(Br)cn2)cn1. The van der Waals surface area contributed by atoms with Gasteiger partial charge in [0.25, 0.3) is 0 Å². The van der Waals surface area contributed by atoms with Gasteiger partial charge in [-0.3, -0.25) is 14.2 Å². The van der Waals surface area contributed by atoms with Crippen molar-refractivity contribution in [2.45, 2.75) is 25.9 Å². The molecule has 0 fully saturated rings. The van der Waals surface area contributed by atoms with Gasteiger partial charge in [0.1, 0.15) is 5.54 Å². The Hall–Kier alpha value is -1.63. The molecule has 0 saturated carbocycles. The van der Waals surface area contributed by atoms with Gasteiger partial charge in [0, 0.05) is 31.5 Å². The van der Waals surface area contributed by atoms with Crippen molar-refractivity contribution in [1.82, 2.24) is 24.9 Å². The van der Waals surface area contributed by atoms with Gasteiger partial charge in [-0.15, -0.1) is 0 Å². The molecule has 6 nitrogen and oxygen atoms in total. The summed E-state index contributed by atoms with van der Waals surface area (Å²) in [7, 11) is 1.84. The zero-order valence-electron chi connectivity index (χ0n) is 11.1. The summed E-state index contributed by atoms with van der Waals surface area (Å²) >= 11 is 3.33. The van der Waals surface area contributed by atoms with E-state index in [1.54, 1.807) is 28.0 Å². The third-order valence-corrected chi connectivity index (χ3v) is 3.30. The molecule has 0 saturated heterocycles. The lowest BCUT2D eigenvalue weighted by Gasteiger charge is -2.24. The third-order valence-electron chi connectivity index (χ3n) is 2.89. The zero-order valence-corrected chi connectivity index (χ0v) is 12.7. The van der Waals surface area contributed by atoms with E-state index >= 15 is 0 Å². The fraction of sp³-hybridized carbons (Fsp3) is 0.417. The number of carbonyl (C=O) groups is 1. The van der Waals surface area contributed by atoms with E-state index in [2.05, 4.69) is 31.4 Å². The van der Waals surface area contributed by atoms with E-state index in [1.165, 1.54) is 0 Å². The number of amides is 1. The molecule has 1 N–H and O–H groups in total. The van der Waals surface area contributed by atoms with Crippen molar-refractivity contribution in [2.75, 3.05) is 0 Å². The molecule has 0 aliphatic heterocycles. The predicted molar refractivity (Wildman–Crippen MR) is 74.3 cm³/mol. The van der Waals surface area contributed by atoms with E-state index < -0.39 is 5.54 Å². The van der Waals surface area contributed by atoms with Crippen LogP contribution in [-0.2, 0) is 23.9 Å². The minimum atomic E-state index is -0.742. The van der Waals surface area contributed by atoms with Crippen LogP contribution in [0.2, 0.25) is 0 Å². The number of carbonyl (C=O) groups excluding carboxylic acids is 1. The van der Waals surface area contributed by atoms with Crippen molar-refractivity contribution in [3.63, 3.8) is 0 Å². The Balaban J connectivity index is 2.02. The summed E-state index contributed by atoms with van der Waals surface area (Å²) in [6, 6.07) is 0. The van der Waals surface area contributed by atoms with Crippen molar-refractivity contribution in [3.8, 4) is 0 Å². The van der Waals surface area contributed by atoms with Crippen molar-refractivity contribution in [1.29, 1.82) is 0 Å². The molecular formula is C12H16BrN5O. The molecule has 102 valence electrons. The molecule has 0 aromatic carbocycles. The van der Waals surface area contributed by atoms with Gasteiger partial charge in [-0.05, 0) is 29.8 Å². The maximum absolute atomic E-state index is 12.2. The first-order chi connectivity index (χ1) is 8.89. The summed E-state index contributed by atoms with van der Waals surface area (Å²) in [5.74, 6) is -0.0908. The lowest BCUT2D eigenvalue weighted by Crippen LogP contribution is -2.44. The minimum absolute atomic E-state index is 0.0908. The van der Waals surface area contributed by atoms with Crippen LogP contribution in [0.4, 0.5) is 0 Å². The van der Waals surface area contributed by atoms with Gasteiger partial charge in [-0.2, -0.15) is 10.2 Å². The maximum atomic E-state index is 12.2. The average Bonchev–Trinajstić information content (AvgIpc) is 2.95. The van der Waals surface area contributed by atoms with E-state index in [9.17, 15) is 4.79 Å². The summed E-state index contributed by atoms with van der Waals surface area (Å²) in [5.41, 5.74) is 0.224. The van der Waals surface area contributed by atoms with Crippen LogP contribution in [-0.4, -0.2) is 25.5 Å². The zero-order chi connectivity index (χ0) is 14.0. The minimum Gasteiger partial charge on any atom is -0.350 e. The summed E-state index contributed by atoms with van der Waals surface area (Å²) in [6.07, 6.45) is 7.05. The Labute approximate surface area is 119 Å². The fourth-order valence-electron chi connectivity index (χ4n) is 1.67. The van der Waals surface area contributed by atoms with E-state index in [4.69, 9.17) is 0 Å². The van der Waals surface area contributed by atoms with Crippen LogP contribution in [0.1, 0.15) is 19.4 Å². The molecule has 0 radical (unpaired) electrons. The fourth-order valence-corrected chi connectivity index (χ4v) is 1.96. The highest BCUT2D eigenvalue weighted by atomic mass is 79.9. The number of halogens is 1. The van der Waals surface area contributed by atoms with Crippen molar-refractivity contribution in [2.24, 2.45) is 7.05 Å². The second-order valence-corrected chi connectivity index (χ2v) is 5.78. The monoisotopic (exact) mass is 325 g/mol. The molecule has 2 heterocycles. The van der Waals surface area contributed by atoms with Crippen LogP contribution < -0.4 is 5.32 Å². The second kappa shape index (κ2) is 5.16. The number of hydrogen-bond acceptors (Lipinski definition) is 3. The molecule has 0 spiro atoms. The standard InChI is InChI=1S/C12H16BrN5O/c1-12(2,18-8-10(13)6-16-18)11(19)14-4-9-5-15-17(3)7-9/h5-8H,4H2,1-3H3,(H,14,19). The summed E-state index contributed by atoms with van der Waals surface area (Å²) in [6.45, 7) is 4.11. The number of nitrogens with one attached hydrogen (secondary N) is 1. The van der Waals surface area contributed by atoms with Gasteiger partial charge in [-0.1, -0.05) is 0 Å². The van der Waals surface area contributed by atoms with Gasteiger partial charge >= 0.3 is 0 Å². The van der Waals surface area contributed by atoms with Gasteiger partial charge < -0.3 is 5.32 Å². The van der Waals surface area contributed by atoms with Crippen molar-refractivity contribution < 1.29 is 4.79 Å². The predicted octanol–water partition coefficient (Wildman–Crippen LogP) is 1.43. The molecule has 19 heavy (non-hydrogen) atoms. The van der Waals surface area contributed by atoms with Crippen LogP contribution in [0.5, 0.6) is 0 Å². The van der Waals surface area contributed by atoms with Gasteiger partial charge in [0.15, 0.2) is 0 Å². The highest BCUT2D eigenvalue weighted by molar-refractivity contribution is 9.10. The molecule has 1 amide bonds. The maximum Gasteiger partial charge on any atom is 0.247 e. The highest BCUT2D eigenvalue weighted by Gasteiger charge is 2.30. The first-order valence-corrected chi connectivity index (χ1v) is 6.65. The Morgan fingerprint density at radius 1 is 1.37 bits per heavy atom. The Morgan fingerprint density at radius 3 is 2.63 bits per heavy atom. The molecule has 2 rings (SSSR count). The molecule has 0 aliphatic carbocycles. The van der Waals surface area contributed by atoms with Crippen LogP contribution in [0.25, 0.3) is 0 Å². The van der Waals surface area contributed by atoms with E-state index in [0.717, 1.165) is 10.0 Å². The summed E-state index contributed by atoms with van der Waals surface area (Å²) in [5, 5.41) is 11.1. The van der Waals surface area contributed by atoms with Crippen LogP contribution >= 0.6 is 15.9 Å². The van der Waals surface area contributed by atoms with E-state index in [1.807, 2.05) is 27.1 Å². The number of hydrogen-bond donors (Lipinski definition) is 1. The first kappa shape index (κ1) is 13.8. The highest BCUT2D eigenvalue weighted by Crippen LogP contribution is 2.17. The smallest absolute Gasteiger partial charge is 0.247 e. The third kappa shape index (κ3) is 3.04. The van der Waals surface area contributed by atoms with Crippen molar-refractivity contribution >= 4 is 21.8 Å². The molecule has 2 aromatic heterocycles. The first-order valence-electron chi connectivity index (χ1n) is 5.86. The molecule has 0 bridgehead atoms. The lowest BCUT2D eigenvalue weighted by atomic mass is 10.1. The molecule has 0 atom stereocenters. The molecule has 0 unspecified atom stereocenters. The summed E-state index contributed by atoms with van der Waals surface area (Å²) in [4.78, 5) is 12.2. The number of aromatic nitrogens is 4. The average molecular weight is 326 g/mol. The topological polar surface area (TPSA) is 64.7 Å². The van der Waals surface area contributed by atoms with Crippen LogP contribution in [0.3, 0.4) is 0 Å². The summed E-state index contributed by atoms with van der Waals surface area (Å²) < 4.78 is 4.19. The number of nitrogens with zero attached hydrogens (tertiary/aromatic N) is 4. The molecule has 7 heteroatoms. The molecule has 0 aliphatic rings. The van der Waals surface area contributed by atoms with Gasteiger partial charge in [0.05, 0.1) is 16.9 Å². The van der Waals surface area contributed by atoms with Crippen LogP contribution in [0, 0.1) is 0 Å². The van der Waals surface area contributed by atoms with Gasteiger partial charge in [-0.25, -0.2) is 0 Å². The van der Waals surface area contributed by atoms with E-state index in [-0.39, 0.29) is 5.91 Å². The van der Waals surface area contributed by atoms with Crippen molar-refractivity contribution in [3.05, 3.63) is 34.8 Å². The molecular weight excluding hydrogens is 310 g/mol. The quantitative estimate of drug-likeness (QED) is 0.924. The van der Waals surface area contributed by atoms with Gasteiger partial charge in [0.2, 0.25) is 5.91 Å². The van der Waals surface area contributed by atoms with E-state index in [0.29, 0.717) is 6.54 Å². The number of aryl methyl sites for hydroxylation is 1. The Kier molecular flexibility index (Phi) is 3.75. The largest absolute Gasteiger partial charge is 0.350 e. The van der Waals surface area contributed by atoms with Crippen LogP contribution in [0.15, 0.2) is 29.3 Å². The number of rotatable bonds is 4.